The van der Waals surface area contributed by atoms with Crippen LogP contribution in [0.25, 0.3) is 0 Å². The molecule has 9 heteroatoms. The van der Waals surface area contributed by atoms with Gasteiger partial charge in [-0.2, -0.15) is 0 Å². The summed E-state index contributed by atoms with van der Waals surface area (Å²) in [6.45, 7) is -0.674. The van der Waals surface area contributed by atoms with E-state index in [0.29, 0.717) is 6.07 Å². The number of ether oxygens (including phenoxy) is 1. The molecule has 22 heavy (non-hydrogen) atoms. The maximum Gasteiger partial charge on any atom is 0.361 e. The van der Waals surface area contributed by atoms with Gasteiger partial charge in [-0.05, 0) is 12.1 Å². The van der Waals surface area contributed by atoms with Crippen LogP contribution in [0.5, 0.6) is 0 Å². The van der Waals surface area contributed by atoms with Crippen LogP contribution in [0.1, 0.15) is 10.5 Å². The minimum absolute atomic E-state index is 0.0995. The monoisotopic (exact) mass is 308 g/mol. The lowest BCUT2D eigenvalue weighted by atomic mass is 10.3. The highest BCUT2D eigenvalue weighted by Gasteiger charge is 2.15. The molecule has 0 unspecified atom stereocenters. The van der Waals surface area contributed by atoms with Crippen molar-refractivity contribution in [2.75, 3.05) is 17.7 Å². The van der Waals surface area contributed by atoms with Gasteiger partial charge in [-0.25, -0.2) is 23.5 Å². The maximum absolute atomic E-state index is 13.0. The molecule has 0 saturated carbocycles. The van der Waals surface area contributed by atoms with Crippen molar-refractivity contribution in [3.63, 3.8) is 0 Å². The molecule has 0 atom stereocenters. The zero-order chi connectivity index (χ0) is 16.1. The van der Waals surface area contributed by atoms with Crippen LogP contribution in [0, 0.1) is 11.6 Å². The molecular weight excluding hydrogens is 298 g/mol. The number of benzene rings is 1. The molecule has 0 saturated heterocycles. The van der Waals surface area contributed by atoms with Gasteiger partial charge in [-0.15, -0.1) is 0 Å². The van der Waals surface area contributed by atoms with Crippen LogP contribution in [-0.2, 0) is 9.53 Å². The predicted octanol–water partition coefficient (Wildman–Crippen LogP) is 1.13. The molecule has 2 aromatic rings. The summed E-state index contributed by atoms with van der Waals surface area (Å²) < 4.78 is 30.6. The van der Waals surface area contributed by atoms with Crippen LogP contribution in [0.2, 0.25) is 0 Å². The molecule has 114 valence electrons. The summed E-state index contributed by atoms with van der Waals surface area (Å²) in [5.74, 6) is -3.55. The Morgan fingerprint density at radius 3 is 2.41 bits per heavy atom. The Labute approximate surface area is 123 Å². The third kappa shape index (κ3) is 3.95. The zero-order valence-corrected chi connectivity index (χ0v) is 11.0. The first kappa shape index (κ1) is 15.3. The Bertz CT molecular complexity index is 704. The number of amides is 1. The average molecular weight is 308 g/mol. The van der Waals surface area contributed by atoms with E-state index in [1.165, 1.54) is 12.4 Å². The number of carbonyl (C=O) groups is 2. The van der Waals surface area contributed by atoms with Gasteiger partial charge in [-0.1, -0.05) is 0 Å². The summed E-state index contributed by atoms with van der Waals surface area (Å²) in [5.41, 5.74) is 5.10. The summed E-state index contributed by atoms with van der Waals surface area (Å²) in [6.07, 6.45) is 2.53. The van der Waals surface area contributed by atoms with Crippen LogP contribution < -0.4 is 11.1 Å². The van der Waals surface area contributed by atoms with Crippen LogP contribution in [-0.4, -0.2) is 28.5 Å². The standard InChI is InChI=1S/C13H10F2N4O3/c14-7-3-8(15)5-9(4-7)19-10(20)6-22-13(21)11-12(16)18-2-1-17-11/h1-5H,6H2,(H2,16,18)(H,19,20). The Kier molecular flexibility index (Phi) is 4.57. The molecule has 0 spiro atoms. The van der Waals surface area contributed by atoms with Gasteiger partial charge >= 0.3 is 5.97 Å². The quantitative estimate of drug-likeness (QED) is 0.820. The highest BCUT2D eigenvalue weighted by Crippen LogP contribution is 2.12. The van der Waals surface area contributed by atoms with Crippen LogP contribution >= 0.6 is 0 Å². The summed E-state index contributed by atoms with van der Waals surface area (Å²) in [4.78, 5) is 30.5. The van der Waals surface area contributed by atoms with Crippen molar-refractivity contribution in [2.45, 2.75) is 0 Å². The summed E-state index contributed by atoms with van der Waals surface area (Å²) in [5, 5.41) is 2.18. The molecular formula is C13H10F2N4O3. The second kappa shape index (κ2) is 6.57. The fourth-order valence-electron chi connectivity index (χ4n) is 1.53. The number of nitrogens with zero attached hydrogens (tertiary/aromatic N) is 2. The van der Waals surface area contributed by atoms with Crippen LogP contribution in [0.4, 0.5) is 20.3 Å². The lowest BCUT2D eigenvalue weighted by molar-refractivity contribution is -0.119. The molecule has 0 aliphatic carbocycles. The lowest BCUT2D eigenvalue weighted by Crippen LogP contribution is -2.22. The molecule has 1 amide bonds. The minimum Gasteiger partial charge on any atom is -0.451 e. The van der Waals surface area contributed by atoms with Crippen LogP contribution in [0.3, 0.4) is 0 Å². The number of nitrogens with one attached hydrogen (secondary N) is 1. The van der Waals surface area contributed by atoms with E-state index in [4.69, 9.17) is 5.73 Å². The normalized spacial score (nSPS) is 10.1. The van der Waals surface area contributed by atoms with Gasteiger partial charge in [0.15, 0.2) is 18.1 Å². The molecule has 7 nitrogen and oxygen atoms in total. The Morgan fingerprint density at radius 2 is 1.77 bits per heavy atom. The van der Waals surface area contributed by atoms with Gasteiger partial charge in [0.1, 0.15) is 11.6 Å². The maximum atomic E-state index is 13.0. The van der Waals surface area contributed by atoms with E-state index >= 15 is 0 Å². The molecule has 0 aliphatic heterocycles. The number of nitrogen functional groups attached to an aromatic ring is 1. The fourth-order valence-corrected chi connectivity index (χ4v) is 1.53. The SMILES string of the molecule is Nc1nccnc1C(=O)OCC(=O)Nc1cc(F)cc(F)c1. The largest absolute Gasteiger partial charge is 0.451 e. The van der Waals surface area contributed by atoms with Crippen molar-refractivity contribution in [1.29, 1.82) is 0 Å². The first-order chi connectivity index (χ1) is 10.5. The molecule has 0 aliphatic rings. The molecule has 1 aromatic heterocycles. The average Bonchev–Trinajstić information content (AvgIpc) is 2.44. The lowest BCUT2D eigenvalue weighted by Gasteiger charge is -2.07. The highest BCUT2D eigenvalue weighted by molar-refractivity contribution is 5.96. The van der Waals surface area contributed by atoms with E-state index in [1.807, 2.05) is 0 Å². The zero-order valence-electron chi connectivity index (χ0n) is 11.0. The molecule has 0 radical (unpaired) electrons. The van der Waals surface area contributed by atoms with Gasteiger partial charge in [0.05, 0.1) is 0 Å². The van der Waals surface area contributed by atoms with Crippen molar-refractivity contribution < 1.29 is 23.1 Å². The van der Waals surface area contributed by atoms with Crippen molar-refractivity contribution in [2.24, 2.45) is 0 Å². The Hall–Kier alpha value is -3.10. The number of aromatic nitrogens is 2. The van der Waals surface area contributed by atoms with E-state index in [-0.39, 0.29) is 17.2 Å². The number of hydrogen-bond donors (Lipinski definition) is 2. The van der Waals surface area contributed by atoms with E-state index in [2.05, 4.69) is 20.0 Å². The first-order valence-corrected chi connectivity index (χ1v) is 5.95. The van der Waals surface area contributed by atoms with E-state index in [1.54, 1.807) is 0 Å². The van der Waals surface area contributed by atoms with Crippen molar-refractivity contribution >= 4 is 23.4 Å². The Morgan fingerprint density at radius 1 is 1.14 bits per heavy atom. The van der Waals surface area contributed by atoms with Gasteiger partial charge in [0.25, 0.3) is 5.91 Å². The third-order valence-corrected chi connectivity index (χ3v) is 2.40. The molecule has 0 fully saturated rings. The second-order valence-corrected chi connectivity index (χ2v) is 4.07. The van der Waals surface area contributed by atoms with E-state index in [9.17, 15) is 18.4 Å². The van der Waals surface area contributed by atoms with E-state index in [0.717, 1.165) is 12.1 Å². The molecule has 1 aromatic carbocycles. The topological polar surface area (TPSA) is 107 Å². The number of esters is 1. The highest BCUT2D eigenvalue weighted by atomic mass is 19.1. The summed E-state index contributed by atoms with van der Waals surface area (Å²) >= 11 is 0. The van der Waals surface area contributed by atoms with Gasteiger partial charge in [0, 0.05) is 24.1 Å². The van der Waals surface area contributed by atoms with Crippen molar-refractivity contribution in [3.05, 3.63) is 47.9 Å². The number of rotatable bonds is 4. The van der Waals surface area contributed by atoms with Crippen LogP contribution in [0.15, 0.2) is 30.6 Å². The summed E-state index contributed by atoms with van der Waals surface area (Å²) in [6, 6.07) is 2.50. The fraction of sp³-hybridized carbons (Fsp3) is 0.0769. The number of hydrogen-bond acceptors (Lipinski definition) is 6. The van der Waals surface area contributed by atoms with Gasteiger partial charge in [0.2, 0.25) is 0 Å². The number of carbonyl (C=O) groups excluding carboxylic acids is 2. The number of anilines is 2. The van der Waals surface area contributed by atoms with E-state index < -0.39 is 30.1 Å². The molecule has 2 rings (SSSR count). The van der Waals surface area contributed by atoms with Crippen molar-refractivity contribution in [3.8, 4) is 0 Å². The molecule has 0 bridgehead atoms. The summed E-state index contributed by atoms with van der Waals surface area (Å²) in [7, 11) is 0. The molecule has 3 N–H and O–H groups in total. The predicted molar refractivity (Wildman–Crippen MR) is 71.7 cm³/mol. The molecule has 1 heterocycles. The first-order valence-electron chi connectivity index (χ1n) is 5.95. The second-order valence-electron chi connectivity index (χ2n) is 4.07. The smallest absolute Gasteiger partial charge is 0.361 e. The Balaban J connectivity index is 1.93. The minimum atomic E-state index is -0.939. The number of halogens is 2. The van der Waals surface area contributed by atoms with Gasteiger partial charge < -0.3 is 15.8 Å². The van der Waals surface area contributed by atoms with Gasteiger partial charge in [-0.3, -0.25) is 4.79 Å². The third-order valence-electron chi connectivity index (χ3n) is 2.40. The van der Waals surface area contributed by atoms with Crippen molar-refractivity contribution in [1.82, 2.24) is 9.97 Å². The number of nitrogens with two attached hydrogens (primary N) is 1.